The summed E-state index contributed by atoms with van der Waals surface area (Å²) in [4.78, 5) is 147. The number of rotatable bonds is 28. The Morgan fingerprint density at radius 1 is 0.787 bits per heavy atom. The van der Waals surface area contributed by atoms with Crippen LogP contribution in [0.1, 0.15) is 104 Å². The average Bonchev–Trinajstić information content (AvgIpc) is 3.35. The Kier molecular flexibility index (Phi) is 27.4. The van der Waals surface area contributed by atoms with Crippen molar-refractivity contribution in [1.82, 2.24) is 52.8 Å². The predicted molar refractivity (Wildman–Crippen MR) is 272 cm³/mol. The molecular formula is C49H76N12O14. The van der Waals surface area contributed by atoms with Crippen LogP contribution in [0.5, 0.6) is 5.75 Å². The molecule has 1 aromatic rings. The third kappa shape index (κ3) is 23.7. The first-order valence-corrected chi connectivity index (χ1v) is 24.9. The topological polar surface area (TPSA) is 410 Å². The Hall–Kier alpha value is -7.80. The Morgan fingerprint density at radius 2 is 1.37 bits per heavy atom. The maximum absolute atomic E-state index is 14.5. The Labute approximate surface area is 435 Å². The van der Waals surface area contributed by atoms with Crippen molar-refractivity contribution in [3.63, 3.8) is 0 Å². The Balaban J connectivity index is 2.54. The Bertz CT molecular complexity index is 2210. The predicted octanol–water partition coefficient (Wildman–Crippen LogP) is -1.64. The number of phenols is 1. The summed E-state index contributed by atoms with van der Waals surface area (Å²) in [5.41, 5.74) is 5.91. The monoisotopic (exact) mass is 1060 g/mol. The van der Waals surface area contributed by atoms with Crippen LogP contribution in [0.3, 0.4) is 0 Å². The number of carbonyl (C=O) groups excluding carboxylic acids is 9. The number of carbonyl (C=O) groups is 11. The van der Waals surface area contributed by atoms with Crippen molar-refractivity contribution in [2.75, 3.05) is 26.7 Å². The lowest BCUT2D eigenvalue weighted by atomic mass is 9.97. The number of guanidine groups is 1. The van der Waals surface area contributed by atoms with Crippen LogP contribution in [0, 0.1) is 17.2 Å². The molecule has 1 unspecified atom stereocenters. The summed E-state index contributed by atoms with van der Waals surface area (Å²) in [5.74, 6) is -10.6. The first-order valence-electron chi connectivity index (χ1n) is 24.9. The van der Waals surface area contributed by atoms with Crippen molar-refractivity contribution in [1.29, 1.82) is 5.41 Å². The molecule has 0 radical (unpaired) electrons. The van der Waals surface area contributed by atoms with Gasteiger partial charge in [0.2, 0.25) is 53.2 Å². The SMILES string of the molecule is CCC(C)[C@H](NC(=O)CN1C/C=C\CCC(=O)N[C@@H](C)C(=O)N[C@@H](CCC(=O)O)C1=O)C(=O)N[C@@H](Cc1ccc(O)cc1)C(=O)N[C@@H](CCCNC(=N)N)C(=O)N[C@@H](CC(C)C)C(=O)N[C@@H](CCC(=O)O)C(=O)NC. The molecule has 416 valence electrons. The molecule has 26 nitrogen and oxygen atoms in total. The van der Waals surface area contributed by atoms with E-state index < -0.39 is 133 Å². The summed E-state index contributed by atoms with van der Waals surface area (Å²) in [6, 6.07) is -3.57. The summed E-state index contributed by atoms with van der Waals surface area (Å²) in [7, 11) is 1.31. The fourth-order valence-corrected chi connectivity index (χ4v) is 7.65. The van der Waals surface area contributed by atoms with E-state index >= 15 is 0 Å². The van der Waals surface area contributed by atoms with Crippen LogP contribution in [-0.2, 0) is 59.2 Å². The largest absolute Gasteiger partial charge is 0.508 e. The van der Waals surface area contributed by atoms with Gasteiger partial charge in [-0.15, -0.1) is 0 Å². The molecule has 0 saturated carbocycles. The number of aliphatic carboxylic acids is 2. The second-order valence-corrected chi connectivity index (χ2v) is 18.7. The lowest BCUT2D eigenvalue weighted by Gasteiger charge is -2.30. The number of phenolic OH excluding ortho intramolecular Hbond substituents is 1. The van der Waals surface area contributed by atoms with Crippen molar-refractivity contribution < 1.29 is 68.1 Å². The number of nitrogens with one attached hydrogen (secondary N) is 10. The molecule has 9 amide bonds. The van der Waals surface area contributed by atoms with Gasteiger partial charge in [0.25, 0.3) is 0 Å². The van der Waals surface area contributed by atoms with E-state index in [1.54, 1.807) is 33.8 Å². The fraction of sp³-hybridized carbons (Fsp3) is 0.592. The van der Waals surface area contributed by atoms with Gasteiger partial charge in [0.1, 0.15) is 48.0 Å². The zero-order chi connectivity index (χ0) is 56.4. The molecule has 1 heterocycles. The highest BCUT2D eigenvalue weighted by Crippen LogP contribution is 2.15. The van der Waals surface area contributed by atoms with Gasteiger partial charge in [-0.1, -0.05) is 58.4 Å². The normalized spacial score (nSPS) is 18.0. The van der Waals surface area contributed by atoms with E-state index in [9.17, 15) is 68.1 Å². The standard InChI is InChI=1S/C49H76N12O14/c1-7-28(4)41(60-38(64)26-61-23-10-8-9-13-37(63)54-29(5)42(69)57-34(48(61)75)19-21-40(67)68)47(74)59-36(25-30-14-16-31(62)17-15-30)46(73)55-32(12-11-22-53-49(50)51)44(71)58-35(24-27(2)3)45(72)56-33(43(70)52-6)18-20-39(65)66/h8,10,14-17,27-29,32-36,41,62H,7,9,11-13,18-26H2,1-6H3,(H,52,70)(H,54,63)(H,55,73)(H,56,72)(H,57,69)(H,58,71)(H,59,74)(H,60,64)(H,65,66)(H,67,68)(H4,50,51,53)/b10-8-/t28?,29-,32-,33-,34-,35-,36-,41-/m0/s1. The summed E-state index contributed by atoms with van der Waals surface area (Å²) in [6.07, 6.45) is 1.97. The van der Waals surface area contributed by atoms with Crippen LogP contribution in [0.4, 0.5) is 0 Å². The molecule has 0 saturated heterocycles. The van der Waals surface area contributed by atoms with E-state index in [4.69, 9.17) is 11.1 Å². The molecule has 0 spiro atoms. The van der Waals surface area contributed by atoms with Gasteiger partial charge in [-0.25, -0.2) is 0 Å². The molecule has 15 N–H and O–H groups in total. The highest BCUT2D eigenvalue weighted by molar-refractivity contribution is 5.98. The molecule has 0 aliphatic carbocycles. The number of carboxylic acids is 2. The summed E-state index contributed by atoms with van der Waals surface area (Å²) >= 11 is 0. The van der Waals surface area contributed by atoms with Gasteiger partial charge in [0.15, 0.2) is 5.96 Å². The zero-order valence-electron chi connectivity index (χ0n) is 43.4. The molecule has 0 bridgehead atoms. The number of allylic oxidation sites excluding steroid dienone is 1. The number of carboxylic acid groups (broad SMARTS) is 2. The maximum Gasteiger partial charge on any atom is 0.303 e. The average molecular weight is 1060 g/mol. The lowest BCUT2D eigenvalue weighted by molar-refractivity contribution is -0.142. The van der Waals surface area contributed by atoms with Crippen molar-refractivity contribution in [2.45, 2.75) is 148 Å². The van der Waals surface area contributed by atoms with Crippen molar-refractivity contribution in [3.05, 3.63) is 42.0 Å². The van der Waals surface area contributed by atoms with E-state index in [2.05, 4.69) is 47.9 Å². The van der Waals surface area contributed by atoms with Gasteiger partial charge in [-0.3, -0.25) is 58.1 Å². The van der Waals surface area contributed by atoms with Crippen LogP contribution in [0.25, 0.3) is 0 Å². The van der Waals surface area contributed by atoms with E-state index in [1.165, 1.54) is 44.3 Å². The minimum Gasteiger partial charge on any atom is -0.508 e. The second-order valence-electron chi connectivity index (χ2n) is 18.7. The van der Waals surface area contributed by atoms with E-state index in [1.807, 2.05) is 0 Å². The van der Waals surface area contributed by atoms with Crippen LogP contribution < -0.4 is 53.6 Å². The maximum atomic E-state index is 14.5. The smallest absolute Gasteiger partial charge is 0.303 e. The van der Waals surface area contributed by atoms with Gasteiger partial charge >= 0.3 is 11.9 Å². The highest BCUT2D eigenvalue weighted by atomic mass is 16.4. The van der Waals surface area contributed by atoms with E-state index in [0.29, 0.717) is 12.0 Å². The van der Waals surface area contributed by atoms with Crippen molar-refractivity contribution in [2.24, 2.45) is 17.6 Å². The minimum absolute atomic E-state index is 0.00701. The summed E-state index contributed by atoms with van der Waals surface area (Å²) < 4.78 is 0. The lowest BCUT2D eigenvalue weighted by Crippen LogP contribution is -2.60. The number of benzene rings is 1. The summed E-state index contributed by atoms with van der Waals surface area (Å²) in [6.45, 7) is 7.54. The first kappa shape index (κ1) is 63.3. The quantitative estimate of drug-likeness (QED) is 0.0194. The number of hydrogen-bond donors (Lipinski definition) is 14. The third-order valence-corrected chi connectivity index (χ3v) is 12.0. The van der Waals surface area contributed by atoms with E-state index in [-0.39, 0.29) is 82.1 Å². The van der Waals surface area contributed by atoms with Crippen LogP contribution >= 0.6 is 0 Å². The number of amides is 9. The van der Waals surface area contributed by atoms with Gasteiger partial charge in [-0.05, 0) is 75.0 Å². The summed E-state index contributed by atoms with van der Waals surface area (Å²) in [5, 5.41) is 59.4. The molecule has 1 aliphatic heterocycles. The molecule has 0 fully saturated rings. The first-order chi connectivity index (χ1) is 35.3. The molecule has 26 heteroatoms. The van der Waals surface area contributed by atoms with Crippen molar-refractivity contribution in [3.8, 4) is 5.75 Å². The molecule has 0 aromatic heterocycles. The number of aromatic hydroxyl groups is 1. The molecular weight excluding hydrogens is 981 g/mol. The third-order valence-electron chi connectivity index (χ3n) is 12.0. The van der Waals surface area contributed by atoms with Gasteiger partial charge in [-0.2, -0.15) is 0 Å². The van der Waals surface area contributed by atoms with Gasteiger partial charge in [0.05, 0.1) is 6.54 Å². The van der Waals surface area contributed by atoms with Crippen LogP contribution in [-0.4, -0.2) is 160 Å². The highest BCUT2D eigenvalue weighted by Gasteiger charge is 2.36. The van der Waals surface area contributed by atoms with Gasteiger partial charge in [0, 0.05) is 45.8 Å². The van der Waals surface area contributed by atoms with Gasteiger partial charge < -0.3 is 73.8 Å². The Morgan fingerprint density at radius 3 is 1.96 bits per heavy atom. The minimum atomic E-state index is -1.47. The number of hydrogen-bond acceptors (Lipinski definition) is 13. The molecule has 1 aliphatic rings. The second kappa shape index (κ2) is 32.4. The van der Waals surface area contributed by atoms with Crippen LogP contribution in [0.2, 0.25) is 0 Å². The number of likely N-dealkylation sites (N-methyl/N-ethyl adjacent to an activating group) is 1. The molecule has 8 atom stereocenters. The van der Waals surface area contributed by atoms with E-state index in [0.717, 1.165) is 4.90 Å². The van der Waals surface area contributed by atoms with Crippen LogP contribution in [0.15, 0.2) is 36.4 Å². The molecule has 2 rings (SSSR count). The molecule has 75 heavy (non-hydrogen) atoms. The number of nitrogens with two attached hydrogens (primary N) is 1. The fourth-order valence-electron chi connectivity index (χ4n) is 7.65. The zero-order valence-corrected chi connectivity index (χ0v) is 43.4. The van der Waals surface area contributed by atoms with Crippen molar-refractivity contribution >= 4 is 71.1 Å². The number of nitrogens with zero attached hydrogens (tertiary/aromatic N) is 1. The molecule has 1 aromatic carbocycles.